The van der Waals surface area contributed by atoms with E-state index in [2.05, 4.69) is 10.2 Å². The smallest absolute Gasteiger partial charge is 0.288 e. The fraction of sp³-hybridized carbons (Fsp3) is 0.350. The van der Waals surface area contributed by atoms with Gasteiger partial charge in [0.2, 0.25) is 10.0 Å². The lowest BCUT2D eigenvalue weighted by Crippen LogP contribution is -2.50. The number of carbonyl (C=O) groups excluding carboxylic acids is 1. The summed E-state index contributed by atoms with van der Waals surface area (Å²) in [7, 11) is -1.99. The molecule has 1 saturated heterocycles. The number of hydrogen-bond donors (Lipinski definition) is 1. The van der Waals surface area contributed by atoms with Crippen LogP contribution in [0, 0.1) is 10.1 Å². The molecule has 0 aliphatic carbocycles. The Morgan fingerprint density at radius 3 is 2.53 bits per heavy atom. The minimum atomic E-state index is -3.58. The Bertz CT molecular complexity index is 1100. The van der Waals surface area contributed by atoms with E-state index in [-0.39, 0.29) is 28.6 Å². The topological polar surface area (TPSA) is 122 Å². The molecule has 0 saturated carbocycles. The van der Waals surface area contributed by atoms with Gasteiger partial charge in [0.1, 0.15) is 10.8 Å². The minimum Gasteiger partial charge on any atom is -0.495 e. The van der Waals surface area contributed by atoms with E-state index in [1.54, 1.807) is 7.11 Å². The van der Waals surface area contributed by atoms with Crippen LogP contribution in [0.4, 0.5) is 11.4 Å². The van der Waals surface area contributed by atoms with Crippen molar-refractivity contribution in [3.05, 3.63) is 63.2 Å². The second kappa shape index (κ2) is 10.2. The van der Waals surface area contributed by atoms with E-state index < -0.39 is 20.9 Å². The number of amides is 1. The predicted octanol–water partition coefficient (Wildman–Crippen LogP) is 2.14. The largest absolute Gasteiger partial charge is 0.495 e. The van der Waals surface area contributed by atoms with Crippen LogP contribution < -0.4 is 15.0 Å². The molecule has 1 fully saturated rings. The zero-order valence-corrected chi connectivity index (χ0v) is 18.9. The molecule has 1 N–H and O–H groups in total. The third-order valence-electron chi connectivity index (χ3n) is 5.11. The zero-order chi connectivity index (χ0) is 23.3. The Kier molecular flexibility index (Phi) is 7.54. The summed E-state index contributed by atoms with van der Waals surface area (Å²) < 4.78 is 32.1. The Labute approximate surface area is 190 Å². The van der Waals surface area contributed by atoms with Crippen molar-refractivity contribution < 1.29 is 22.9 Å². The van der Waals surface area contributed by atoms with Crippen molar-refractivity contribution in [2.24, 2.45) is 0 Å². The number of piperazine rings is 1. The van der Waals surface area contributed by atoms with Gasteiger partial charge in [0.15, 0.2) is 0 Å². The molecule has 0 radical (unpaired) electrons. The molecule has 0 aromatic heterocycles. The number of anilines is 1. The molecule has 32 heavy (non-hydrogen) atoms. The molecule has 1 aliphatic rings. The molecule has 0 spiro atoms. The number of nitrogens with zero attached hydrogens (tertiary/aromatic N) is 3. The molecule has 0 unspecified atom stereocenters. The van der Waals surface area contributed by atoms with Crippen molar-refractivity contribution in [1.29, 1.82) is 0 Å². The molecule has 172 valence electrons. The molecular formula is C20H23ClN4O6S. The number of hydrogen-bond acceptors (Lipinski definition) is 7. The number of methoxy groups -OCH3 is 1. The number of benzene rings is 2. The molecule has 0 atom stereocenters. The van der Waals surface area contributed by atoms with Gasteiger partial charge in [-0.05, 0) is 24.3 Å². The lowest BCUT2D eigenvalue weighted by Gasteiger charge is -2.36. The Morgan fingerprint density at radius 2 is 1.88 bits per heavy atom. The molecule has 1 amide bonds. The fourth-order valence-electron chi connectivity index (χ4n) is 3.42. The third-order valence-corrected chi connectivity index (χ3v) is 7.30. The van der Waals surface area contributed by atoms with Crippen molar-refractivity contribution in [3.63, 3.8) is 0 Å². The van der Waals surface area contributed by atoms with Gasteiger partial charge >= 0.3 is 0 Å². The van der Waals surface area contributed by atoms with E-state index in [1.165, 1.54) is 16.4 Å². The standard InChI is InChI=1S/C20H23ClN4O6S/c1-31-19-5-3-2-4-17(19)23-9-11-24(12-10-23)32(29,30)13-8-22-20(26)15-6-7-16(21)18(14-15)25(27)28/h2-7,14H,8-13H2,1H3,(H,22,26). The van der Waals surface area contributed by atoms with Crippen LogP contribution in [-0.4, -0.2) is 69.1 Å². The van der Waals surface area contributed by atoms with Gasteiger partial charge < -0.3 is 15.0 Å². The number of nitrogens with one attached hydrogen (secondary N) is 1. The Morgan fingerprint density at radius 1 is 1.19 bits per heavy atom. The van der Waals surface area contributed by atoms with Gasteiger partial charge in [0.25, 0.3) is 11.6 Å². The summed E-state index contributed by atoms with van der Waals surface area (Å²) in [6.45, 7) is 1.54. The zero-order valence-electron chi connectivity index (χ0n) is 17.4. The van der Waals surface area contributed by atoms with E-state index >= 15 is 0 Å². The molecule has 12 heteroatoms. The molecule has 1 aliphatic heterocycles. The van der Waals surface area contributed by atoms with Crippen LogP contribution in [0.5, 0.6) is 5.75 Å². The number of rotatable bonds is 8. The Hall–Kier alpha value is -2.89. The Balaban J connectivity index is 1.53. The van der Waals surface area contributed by atoms with Crippen LogP contribution in [0.1, 0.15) is 10.4 Å². The summed E-state index contributed by atoms with van der Waals surface area (Å²) >= 11 is 5.74. The van der Waals surface area contributed by atoms with Crippen molar-refractivity contribution in [3.8, 4) is 5.75 Å². The van der Waals surface area contributed by atoms with E-state index in [1.807, 2.05) is 24.3 Å². The number of para-hydroxylation sites is 2. The van der Waals surface area contributed by atoms with Gasteiger partial charge in [-0.3, -0.25) is 14.9 Å². The average molecular weight is 483 g/mol. The number of nitro groups is 1. The minimum absolute atomic E-state index is 0.0314. The maximum Gasteiger partial charge on any atom is 0.288 e. The summed E-state index contributed by atoms with van der Waals surface area (Å²) in [6.07, 6.45) is 0. The van der Waals surface area contributed by atoms with Crippen molar-refractivity contribution in [2.75, 3.05) is 50.5 Å². The van der Waals surface area contributed by atoms with Gasteiger partial charge in [-0.2, -0.15) is 4.31 Å². The van der Waals surface area contributed by atoms with Crippen LogP contribution in [-0.2, 0) is 10.0 Å². The highest BCUT2D eigenvalue weighted by Gasteiger charge is 2.28. The first-order chi connectivity index (χ1) is 15.2. The monoisotopic (exact) mass is 482 g/mol. The lowest BCUT2D eigenvalue weighted by atomic mass is 10.2. The molecule has 2 aromatic carbocycles. The highest BCUT2D eigenvalue weighted by molar-refractivity contribution is 7.89. The highest BCUT2D eigenvalue weighted by atomic mass is 35.5. The molecule has 10 nitrogen and oxygen atoms in total. The molecule has 3 rings (SSSR count). The second-order valence-corrected chi connectivity index (χ2v) is 9.55. The van der Waals surface area contributed by atoms with Crippen LogP contribution in [0.15, 0.2) is 42.5 Å². The fourth-order valence-corrected chi connectivity index (χ4v) is 4.94. The summed E-state index contributed by atoms with van der Waals surface area (Å²) in [5, 5.41) is 13.4. The second-order valence-electron chi connectivity index (χ2n) is 7.05. The van der Waals surface area contributed by atoms with Gasteiger partial charge in [-0.25, -0.2) is 8.42 Å². The summed E-state index contributed by atoms with van der Waals surface area (Å²) in [4.78, 5) is 24.6. The average Bonchev–Trinajstić information content (AvgIpc) is 2.79. The maximum absolute atomic E-state index is 12.7. The first-order valence-electron chi connectivity index (χ1n) is 9.81. The summed E-state index contributed by atoms with van der Waals surface area (Å²) in [5.74, 6) is -0.154. The van der Waals surface area contributed by atoms with Crippen molar-refractivity contribution >= 4 is 38.9 Å². The van der Waals surface area contributed by atoms with Crippen molar-refractivity contribution in [2.45, 2.75) is 0 Å². The van der Waals surface area contributed by atoms with E-state index in [0.717, 1.165) is 17.5 Å². The highest BCUT2D eigenvalue weighted by Crippen LogP contribution is 2.29. The quantitative estimate of drug-likeness (QED) is 0.451. The van der Waals surface area contributed by atoms with Crippen LogP contribution in [0.3, 0.4) is 0 Å². The van der Waals surface area contributed by atoms with Crippen LogP contribution in [0.25, 0.3) is 0 Å². The van der Waals surface area contributed by atoms with Gasteiger partial charge in [-0.1, -0.05) is 23.7 Å². The number of halogens is 1. The summed E-state index contributed by atoms with van der Waals surface area (Å²) in [5.41, 5.74) is 0.556. The number of ether oxygens (including phenoxy) is 1. The van der Waals surface area contributed by atoms with Crippen molar-refractivity contribution in [1.82, 2.24) is 9.62 Å². The lowest BCUT2D eigenvalue weighted by molar-refractivity contribution is -0.384. The number of nitro benzene ring substituents is 1. The first kappa shape index (κ1) is 23.8. The molecule has 1 heterocycles. The van der Waals surface area contributed by atoms with E-state index in [0.29, 0.717) is 26.2 Å². The first-order valence-corrected chi connectivity index (χ1v) is 11.8. The van der Waals surface area contributed by atoms with E-state index in [9.17, 15) is 23.3 Å². The molecular weight excluding hydrogens is 460 g/mol. The van der Waals surface area contributed by atoms with Gasteiger partial charge in [0, 0.05) is 44.4 Å². The normalized spacial score (nSPS) is 14.8. The third kappa shape index (κ3) is 5.47. The van der Waals surface area contributed by atoms with Gasteiger partial charge in [-0.15, -0.1) is 0 Å². The summed E-state index contributed by atoms with van der Waals surface area (Å²) in [6, 6.07) is 11.2. The number of sulfonamides is 1. The predicted molar refractivity (Wildman–Crippen MR) is 121 cm³/mol. The maximum atomic E-state index is 12.7. The van der Waals surface area contributed by atoms with E-state index in [4.69, 9.17) is 16.3 Å². The van der Waals surface area contributed by atoms with Gasteiger partial charge in [0.05, 0.1) is 23.5 Å². The molecule has 0 bridgehead atoms. The SMILES string of the molecule is COc1ccccc1N1CCN(S(=O)(=O)CCNC(=O)c2ccc(Cl)c([N+](=O)[O-])c2)CC1. The van der Waals surface area contributed by atoms with Crippen LogP contribution in [0.2, 0.25) is 5.02 Å². The number of carbonyl (C=O) groups is 1. The van der Waals surface area contributed by atoms with Crippen LogP contribution >= 0.6 is 11.6 Å². The molecule has 2 aromatic rings.